The summed E-state index contributed by atoms with van der Waals surface area (Å²) >= 11 is 0. The molecule has 0 aliphatic carbocycles. The van der Waals surface area contributed by atoms with Crippen LogP contribution in [0.1, 0.15) is 15.9 Å². The Balaban J connectivity index is 1.81. The summed E-state index contributed by atoms with van der Waals surface area (Å²) < 4.78 is 26.8. The Morgan fingerprint density at radius 1 is 0.967 bits per heavy atom. The molecular formula is C21H19N3O5S. The van der Waals surface area contributed by atoms with Crippen LogP contribution in [0.3, 0.4) is 0 Å². The van der Waals surface area contributed by atoms with Crippen molar-refractivity contribution in [3.8, 4) is 0 Å². The Labute approximate surface area is 174 Å². The predicted octanol–water partition coefficient (Wildman–Crippen LogP) is 3.98. The van der Waals surface area contributed by atoms with Gasteiger partial charge in [-0.1, -0.05) is 24.3 Å². The van der Waals surface area contributed by atoms with Crippen LogP contribution in [-0.2, 0) is 10.0 Å². The smallest absolute Gasteiger partial charge is 0.274 e. The number of nitrogens with one attached hydrogen (secondary N) is 1. The van der Waals surface area contributed by atoms with E-state index >= 15 is 0 Å². The monoisotopic (exact) mass is 425 g/mol. The van der Waals surface area contributed by atoms with Gasteiger partial charge >= 0.3 is 0 Å². The second-order valence-electron chi connectivity index (χ2n) is 6.49. The van der Waals surface area contributed by atoms with E-state index in [4.69, 9.17) is 0 Å². The molecule has 0 spiro atoms. The van der Waals surface area contributed by atoms with Crippen molar-refractivity contribution in [3.05, 3.63) is 94.0 Å². The Morgan fingerprint density at radius 3 is 2.20 bits per heavy atom. The van der Waals surface area contributed by atoms with Gasteiger partial charge in [0.1, 0.15) is 0 Å². The van der Waals surface area contributed by atoms with Crippen molar-refractivity contribution >= 4 is 33.0 Å². The van der Waals surface area contributed by atoms with E-state index in [-0.39, 0.29) is 16.1 Å². The Bertz CT molecular complexity index is 1190. The van der Waals surface area contributed by atoms with Crippen LogP contribution < -0.4 is 9.62 Å². The number of nitrogens with zero attached hydrogens (tertiary/aromatic N) is 2. The van der Waals surface area contributed by atoms with Gasteiger partial charge < -0.3 is 5.32 Å². The quantitative estimate of drug-likeness (QED) is 0.474. The number of carbonyl (C=O) groups is 1. The second kappa shape index (κ2) is 8.34. The molecule has 154 valence electrons. The van der Waals surface area contributed by atoms with E-state index in [2.05, 4.69) is 5.32 Å². The molecule has 0 aliphatic heterocycles. The molecular weight excluding hydrogens is 406 g/mol. The lowest BCUT2D eigenvalue weighted by Crippen LogP contribution is -2.26. The summed E-state index contributed by atoms with van der Waals surface area (Å²) in [5, 5.41) is 13.7. The van der Waals surface area contributed by atoms with Crippen molar-refractivity contribution in [2.24, 2.45) is 0 Å². The van der Waals surface area contributed by atoms with Crippen LogP contribution in [0.25, 0.3) is 0 Å². The van der Waals surface area contributed by atoms with Gasteiger partial charge in [0.25, 0.3) is 21.6 Å². The van der Waals surface area contributed by atoms with E-state index in [0.29, 0.717) is 16.9 Å². The molecule has 0 bridgehead atoms. The maximum Gasteiger partial charge on any atom is 0.274 e. The molecule has 3 aromatic rings. The van der Waals surface area contributed by atoms with Gasteiger partial charge in [-0.15, -0.1) is 0 Å². The van der Waals surface area contributed by atoms with Crippen LogP contribution in [-0.4, -0.2) is 26.3 Å². The maximum atomic E-state index is 12.8. The molecule has 3 rings (SSSR count). The molecule has 0 saturated carbocycles. The minimum Gasteiger partial charge on any atom is -0.321 e. The number of para-hydroxylation sites is 1. The number of hydrogen-bond acceptors (Lipinski definition) is 5. The minimum atomic E-state index is -3.79. The Morgan fingerprint density at radius 2 is 1.60 bits per heavy atom. The summed E-state index contributed by atoms with van der Waals surface area (Å²) in [7, 11) is -2.33. The van der Waals surface area contributed by atoms with Gasteiger partial charge in [-0.3, -0.25) is 19.2 Å². The number of carbonyl (C=O) groups excluding carboxylic acids is 1. The number of anilines is 2. The lowest BCUT2D eigenvalue weighted by Gasteiger charge is -2.19. The predicted molar refractivity (Wildman–Crippen MR) is 114 cm³/mol. The molecule has 30 heavy (non-hydrogen) atoms. The van der Waals surface area contributed by atoms with Gasteiger partial charge in [0, 0.05) is 18.7 Å². The van der Waals surface area contributed by atoms with Gasteiger partial charge in [0.15, 0.2) is 0 Å². The van der Waals surface area contributed by atoms with Gasteiger partial charge in [-0.05, 0) is 49.4 Å². The third-order valence-electron chi connectivity index (χ3n) is 4.64. The molecule has 0 saturated heterocycles. The number of sulfonamides is 1. The average Bonchev–Trinajstić information content (AvgIpc) is 2.75. The van der Waals surface area contributed by atoms with Crippen molar-refractivity contribution < 1.29 is 18.1 Å². The van der Waals surface area contributed by atoms with Gasteiger partial charge in [-0.2, -0.15) is 0 Å². The van der Waals surface area contributed by atoms with Crippen LogP contribution >= 0.6 is 0 Å². The highest BCUT2D eigenvalue weighted by Gasteiger charge is 2.22. The van der Waals surface area contributed by atoms with Gasteiger partial charge in [-0.25, -0.2) is 8.42 Å². The molecule has 0 heterocycles. The molecule has 0 fully saturated rings. The first-order valence-electron chi connectivity index (χ1n) is 8.91. The first-order valence-corrected chi connectivity index (χ1v) is 10.3. The first-order chi connectivity index (χ1) is 14.2. The maximum absolute atomic E-state index is 12.8. The van der Waals surface area contributed by atoms with Gasteiger partial charge in [0.05, 0.1) is 26.8 Å². The molecule has 0 aromatic heterocycles. The Hall–Kier alpha value is -3.72. The van der Waals surface area contributed by atoms with Crippen LogP contribution in [0, 0.1) is 17.0 Å². The largest absolute Gasteiger partial charge is 0.321 e. The molecule has 9 heteroatoms. The summed E-state index contributed by atoms with van der Waals surface area (Å²) in [5.74, 6) is -0.501. The standard InChI is InChI=1S/C21H19N3O5S/c1-15-19(9-6-10-20(15)24(26)27)22-21(25)16-11-13-18(14-12-16)30(28,29)23(2)17-7-4-3-5-8-17/h3-14H,1-2H3,(H,22,25). The number of rotatable bonds is 6. The molecule has 1 N–H and O–H groups in total. The second-order valence-corrected chi connectivity index (χ2v) is 8.46. The van der Waals surface area contributed by atoms with Crippen LogP contribution in [0.2, 0.25) is 0 Å². The van der Waals surface area contributed by atoms with E-state index in [0.717, 1.165) is 4.31 Å². The number of hydrogen-bond donors (Lipinski definition) is 1. The first kappa shape index (κ1) is 21.0. The third-order valence-corrected chi connectivity index (χ3v) is 6.44. The SMILES string of the molecule is Cc1c(NC(=O)c2ccc(S(=O)(=O)N(C)c3ccccc3)cc2)cccc1[N+](=O)[O-]. The normalized spacial score (nSPS) is 11.0. The van der Waals surface area contributed by atoms with Crippen molar-refractivity contribution in [1.82, 2.24) is 0 Å². The number of amides is 1. The van der Waals surface area contributed by atoms with Crippen molar-refractivity contribution in [2.45, 2.75) is 11.8 Å². The van der Waals surface area contributed by atoms with Crippen LogP contribution in [0.5, 0.6) is 0 Å². The van der Waals surface area contributed by atoms with E-state index in [1.165, 1.54) is 43.4 Å². The summed E-state index contributed by atoms with van der Waals surface area (Å²) in [6.45, 7) is 1.54. The fourth-order valence-electron chi connectivity index (χ4n) is 2.86. The number of nitro benzene ring substituents is 1. The highest BCUT2D eigenvalue weighted by atomic mass is 32.2. The molecule has 0 aliphatic rings. The van der Waals surface area contributed by atoms with Crippen molar-refractivity contribution in [3.63, 3.8) is 0 Å². The van der Waals surface area contributed by atoms with Gasteiger partial charge in [0.2, 0.25) is 0 Å². The minimum absolute atomic E-state index is 0.0388. The summed E-state index contributed by atoms with van der Waals surface area (Å²) in [6, 6.07) is 18.5. The van der Waals surface area contributed by atoms with E-state index in [1.54, 1.807) is 43.3 Å². The third kappa shape index (κ3) is 4.15. The van der Waals surface area contributed by atoms with Crippen molar-refractivity contribution in [2.75, 3.05) is 16.7 Å². The lowest BCUT2D eigenvalue weighted by atomic mass is 10.1. The topological polar surface area (TPSA) is 110 Å². The van der Waals surface area contributed by atoms with Crippen LogP contribution in [0.15, 0.2) is 77.7 Å². The van der Waals surface area contributed by atoms with Crippen LogP contribution in [0.4, 0.5) is 17.1 Å². The highest BCUT2D eigenvalue weighted by molar-refractivity contribution is 7.92. The van der Waals surface area contributed by atoms with E-state index in [1.807, 2.05) is 0 Å². The number of benzene rings is 3. The lowest BCUT2D eigenvalue weighted by molar-refractivity contribution is -0.385. The van der Waals surface area contributed by atoms with Crippen molar-refractivity contribution in [1.29, 1.82) is 0 Å². The molecule has 1 amide bonds. The fourth-order valence-corrected chi connectivity index (χ4v) is 4.06. The zero-order chi connectivity index (χ0) is 21.9. The van der Waals surface area contributed by atoms with E-state index < -0.39 is 20.9 Å². The Kier molecular flexibility index (Phi) is 5.84. The zero-order valence-electron chi connectivity index (χ0n) is 16.3. The molecule has 3 aromatic carbocycles. The summed E-state index contributed by atoms with van der Waals surface area (Å²) in [4.78, 5) is 23.1. The molecule has 8 nitrogen and oxygen atoms in total. The summed E-state index contributed by atoms with van der Waals surface area (Å²) in [5.41, 5.74) is 1.29. The number of nitro groups is 1. The molecule has 0 radical (unpaired) electrons. The van der Waals surface area contributed by atoms with E-state index in [9.17, 15) is 23.3 Å². The molecule has 0 atom stereocenters. The zero-order valence-corrected chi connectivity index (χ0v) is 17.1. The summed E-state index contributed by atoms with van der Waals surface area (Å²) in [6.07, 6.45) is 0. The fraction of sp³-hybridized carbons (Fsp3) is 0.0952. The average molecular weight is 425 g/mol. The molecule has 0 unspecified atom stereocenters. The highest BCUT2D eigenvalue weighted by Crippen LogP contribution is 2.26.